The van der Waals surface area contributed by atoms with Gasteiger partial charge >= 0.3 is 0 Å². The monoisotopic (exact) mass is 1010 g/mol. The number of para-hydroxylation sites is 1. The van der Waals surface area contributed by atoms with Crippen LogP contribution < -0.4 is 5.19 Å². The molecule has 0 atom stereocenters. The number of benzene rings is 6. The van der Waals surface area contributed by atoms with Crippen LogP contribution in [0.2, 0.25) is 19.6 Å². The predicted molar refractivity (Wildman–Crippen MR) is 264 cm³/mol. The molecule has 313 valence electrons. The van der Waals surface area contributed by atoms with Crippen molar-refractivity contribution in [3.05, 3.63) is 217 Å². The third-order valence-electron chi connectivity index (χ3n) is 11.2. The van der Waals surface area contributed by atoms with Crippen LogP contribution in [0.5, 0.6) is 0 Å². The number of fused-ring (bicyclic) bond motifs is 3. The third-order valence-corrected chi connectivity index (χ3v) is 13.2. The Balaban J connectivity index is 0.000000169. The van der Waals surface area contributed by atoms with Gasteiger partial charge < -0.3 is 4.42 Å². The van der Waals surface area contributed by atoms with Crippen molar-refractivity contribution < 1.29 is 24.5 Å². The summed E-state index contributed by atoms with van der Waals surface area (Å²) in [5.41, 5.74) is 16.7. The van der Waals surface area contributed by atoms with E-state index < -0.39 is 8.07 Å². The second kappa shape index (κ2) is 20.1. The van der Waals surface area contributed by atoms with Crippen LogP contribution >= 0.6 is 0 Å². The molecule has 0 N–H and O–H groups in total. The molecule has 0 unspecified atom stereocenters. The van der Waals surface area contributed by atoms with Crippen LogP contribution in [0.15, 0.2) is 205 Å². The SMILES string of the molecule is C[Si](C)(C)c1ccc(-c2ccccc2)nc1.Cc1cc(-c2cccc3c2oc2cc(-c4c(C)cccc4C)ccc23)ncc1-c1ccccc1.[Ir].c1ccc(-c2ccccn2)cc1. The van der Waals surface area contributed by atoms with Crippen molar-refractivity contribution in [3.8, 4) is 56.0 Å². The number of nitrogens with zero attached hydrogens (tertiary/aromatic N) is 3. The van der Waals surface area contributed by atoms with Gasteiger partial charge in [0.05, 0.1) is 25.2 Å². The van der Waals surface area contributed by atoms with E-state index in [1.165, 1.54) is 44.1 Å². The number of pyridine rings is 3. The van der Waals surface area contributed by atoms with Gasteiger partial charge in [-0.2, -0.15) is 0 Å². The first-order valence-electron chi connectivity index (χ1n) is 21.2. The first kappa shape index (κ1) is 44.5. The molecule has 0 spiro atoms. The van der Waals surface area contributed by atoms with E-state index in [0.29, 0.717) is 0 Å². The standard InChI is InChI=1S/C32H25NO.C14H17NSi.C11H9N.Ir/c1-20-9-7-10-21(2)31(20)24-15-16-25-26-13-8-14-27(32(26)34-30(25)18-24)29-17-22(3)28(19-33-29)23-11-5-4-6-12-23;1-16(2,3)13-9-10-14(15-11-13)12-7-5-4-6-8-12;1-2-6-10(7-3-1)11-8-4-5-9-12-11;/h4-19H,1-3H3;4-11H,1-3H3;1-9H;. The molecule has 1 radical (unpaired) electrons. The summed E-state index contributed by atoms with van der Waals surface area (Å²) in [6.45, 7) is 13.5. The zero-order valence-electron chi connectivity index (χ0n) is 36.6. The first-order valence-corrected chi connectivity index (χ1v) is 24.7. The molecule has 0 saturated carbocycles. The molecule has 0 fully saturated rings. The van der Waals surface area contributed by atoms with E-state index in [9.17, 15) is 0 Å². The summed E-state index contributed by atoms with van der Waals surface area (Å²) >= 11 is 0. The molecular formula is C57H51IrN3OSi. The molecule has 10 rings (SSSR count). The normalized spacial score (nSPS) is 10.9. The molecule has 4 aromatic heterocycles. The molecule has 10 aromatic rings. The van der Waals surface area contributed by atoms with Gasteiger partial charge in [0.15, 0.2) is 0 Å². The van der Waals surface area contributed by atoms with Crippen molar-refractivity contribution >= 4 is 35.2 Å². The maximum absolute atomic E-state index is 6.49. The van der Waals surface area contributed by atoms with E-state index >= 15 is 0 Å². The van der Waals surface area contributed by atoms with Gasteiger partial charge in [-0.25, -0.2) is 0 Å². The van der Waals surface area contributed by atoms with Crippen molar-refractivity contribution in [1.82, 2.24) is 15.0 Å². The maximum Gasteiger partial charge on any atom is 0.144 e. The second-order valence-corrected chi connectivity index (χ2v) is 21.7. The average Bonchev–Trinajstić information content (AvgIpc) is 3.69. The largest absolute Gasteiger partial charge is 0.455 e. The zero-order valence-corrected chi connectivity index (χ0v) is 40.0. The van der Waals surface area contributed by atoms with Gasteiger partial charge in [-0.3, -0.25) is 15.0 Å². The van der Waals surface area contributed by atoms with Gasteiger partial charge in [0.1, 0.15) is 11.2 Å². The molecule has 0 bridgehead atoms. The molecule has 0 aliphatic carbocycles. The van der Waals surface area contributed by atoms with Gasteiger partial charge in [0.2, 0.25) is 0 Å². The van der Waals surface area contributed by atoms with Crippen LogP contribution in [-0.2, 0) is 20.1 Å². The van der Waals surface area contributed by atoms with E-state index in [1.54, 1.807) is 0 Å². The maximum atomic E-state index is 6.49. The van der Waals surface area contributed by atoms with Crippen LogP contribution in [0.3, 0.4) is 0 Å². The summed E-state index contributed by atoms with van der Waals surface area (Å²) in [6.07, 6.45) is 5.82. The molecule has 6 aromatic carbocycles. The van der Waals surface area contributed by atoms with Crippen molar-refractivity contribution in [2.75, 3.05) is 0 Å². The van der Waals surface area contributed by atoms with Crippen LogP contribution in [0.25, 0.3) is 78.0 Å². The van der Waals surface area contributed by atoms with Gasteiger partial charge in [0.25, 0.3) is 0 Å². The third kappa shape index (κ3) is 10.4. The Morgan fingerprint density at radius 3 is 1.57 bits per heavy atom. The van der Waals surface area contributed by atoms with Gasteiger partial charge in [-0.05, 0) is 102 Å². The molecule has 63 heavy (non-hydrogen) atoms. The minimum absolute atomic E-state index is 0. The number of aryl methyl sites for hydroxylation is 3. The Kier molecular flexibility index (Phi) is 14.2. The van der Waals surface area contributed by atoms with Gasteiger partial charge in [-0.1, -0.05) is 159 Å². The molecule has 0 amide bonds. The molecular weight excluding hydrogens is 963 g/mol. The Morgan fingerprint density at radius 1 is 0.413 bits per heavy atom. The summed E-state index contributed by atoms with van der Waals surface area (Å²) in [5.74, 6) is 0. The van der Waals surface area contributed by atoms with E-state index in [4.69, 9.17) is 9.40 Å². The molecule has 4 nitrogen and oxygen atoms in total. The zero-order chi connectivity index (χ0) is 43.1. The predicted octanol–water partition coefficient (Wildman–Crippen LogP) is 14.9. The van der Waals surface area contributed by atoms with Crippen molar-refractivity contribution in [2.24, 2.45) is 0 Å². The fourth-order valence-electron chi connectivity index (χ4n) is 7.81. The van der Waals surface area contributed by atoms with Gasteiger partial charge in [-0.15, -0.1) is 0 Å². The number of rotatable bonds is 6. The van der Waals surface area contributed by atoms with Crippen LogP contribution in [0, 0.1) is 20.8 Å². The van der Waals surface area contributed by atoms with Crippen molar-refractivity contribution in [3.63, 3.8) is 0 Å². The summed E-state index contributed by atoms with van der Waals surface area (Å²) in [5, 5.41) is 3.66. The van der Waals surface area contributed by atoms with Gasteiger partial charge in [0, 0.05) is 71.7 Å². The summed E-state index contributed by atoms with van der Waals surface area (Å²) in [4.78, 5) is 13.6. The topological polar surface area (TPSA) is 51.8 Å². The van der Waals surface area contributed by atoms with Crippen LogP contribution in [0.1, 0.15) is 16.7 Å². The minimum Gasteiger partial charge on any atom is -0.455 e. The Labute approximate surface area is 386 Å². The molecule has 0 saturated heterocycles. The fraction of sp³-hybridized carbons (Fsp3) is 0.105. The van der Waals surface area contributed by atoms with Crippen LogP contribution in [0.4, 0.5) is 0 Å². The first-order chi connectivity index (χ1) is 30.1. The number of furan rings is 1. The quantitative estimate of drug-likeness (QED) is 0.156. The average molecular weight is 1010 g/mol. The summed E-state index contributed by atoms with van der Waals surface area (Å²) < 4.78 is 6.49. The molecule has 0 aliphatic rings. The number of hydrogen-bond donors (Lipinski definition) is 0. The van der Waals surface area contributed by atoms with E-state index in [0.717, 1.165) is 55.7 Å². The van der Waals surface area contributed by atoms with E-state index in [1.807, 2.05) is 79.3 Å². The second-order valence-electron chi connectivity index (χ2n) is 16.6. The van der Waals surface area contributed by atoms with E-state index in [-0.39, 0.29) is 20.1 Å². The minimum atomic E-state index is -1.22. The van der Waals surface area contributed by atoms with E-state index in [2.05, 4.69) is 172 Å². The fourth-order valence-corrected chi connectivity index (χ4v) is 8.84. The molecule has 6 heteroatoms. The Hall–Kier alpha value is -6.56. The van der Waals surface area contributed by atoms with Crippen LogP contribution in [-0.4, -0.2) is 23.0 Å². The smallest absolute Gasteiger partial charge is 0.144 e. The number of aromatic nitrogens is 3. The number of hydrogen-bond acceptors (Lipinski definition) is 4. The summed E-state index contributed by atoms with van der Waals surface area (Å²) in [7, 11) is -1.22. The summed E-state index contributed by atoms with van der Waals surface area (Å²) in [6, 6.07) is 62.6. The Bertz CT molecular complexity index is 3000. The Morgan fingerprint density at radius 2 is 1.00 bits per heavy atom. The van der Waals surface area contributed by atoms with Crippen molar-refractivity contribution in [2.45, 2.75) is 40.4 Å². The molecule has 4 heterocycles. The van der Waals surface area contributed by atoms with Crippen molar-refractivity contribution in [1.29, 1.82) is 0 Å². The molecule has 0 aliphatic heterocycles.